The van der Waals surface area contributed by atoms with Crippen molar-refractivity contribution in [1.29, 1.82) is 0 Å². The minimum Gasteiger partial charge on any atom is -0.342 e. The Morgan fingerprint density at radius 2 is 1.88 bits per heavy atom. The monoisotopic (exact) mass is 238 g/mol. The molecule has 1 heterocycles. The van der Waals surface area contributed by atoms with Gasteiger partial charge in [0.15, 0.2) is 0 Å². The molecule has 1 saturated carbocycles. The van der Waals surface area contributed by atoms with Gasteiger partial charge in [0.1, 0.15) is 0 Å². The second kappa shape index (κ2) is 5.85. The van der Waals surface area contributed by atoms with Crippen LogP contribution >= 0.6 is 0 Å². The Morgan fingerprint density at radius 1 is 1.18 bits per heavy atom. The zero-order valence-corrected chi connectivity index (χ0v) is 11.2. The molecule has 1 N–H and O–H groups in total. The van der Waals surface area contributed by atoms with E-state index in [9.17, 15) is 4.79 Å². The molecule has 0 bridgehead atoms. The van der Waals surface area contributed by atoms with Crippen molar-refractivity contribution in [2.24, 2.45) is 11.8 Å². The van der Waals surface area contributed by atoms with Crippen molar-refractivity contribution in [2.75, 3.05) is 20.1 Å². The molecule has 98 valence electrons. The number of nitrogens with zero attached hydrogens (tertiary/aromatic N) is 1. The van der Waals surface area contributed by atoms with Gasteiger partial charge >= 0.3 is 0 Å². The van der Waals surface area contributed by atoms with Crippen LogP contribution in [-0.2, 0) is 4.79 Å². The topological polar surface area (TPSA) is 32.3 Å². The first-order valence-electron chi connectivity index (χ1n) is 7.16. The molecule has 3 heteroatoms. The molecule has 0 spiro atoms. The molecule has 2 rings (SSSR count). The molecule has 3 nitrogen and oxygen atoms in total. The fraction of sp³-hybridized carbons (Fsp3) is 0.929. The molecule has 17 heavy (non-hydrogen) atoms. The van der Waals surface area contributed by atoms with Crippen LogP contribution in [0.3, 0.4) is 0 Å². The second-order valence-electron chi connectivity index (χ2n) is 5.91. The van der Waals surface area contributed by atoms with Crippen molar-refractivity contribution in [3.63, 3.8) is 0 Å². The van der Waals surface area contributed by atoms with E-state index in [-0.39, 0.29) is 5.92 Å². The number of piperidine rings is 1. The van der Waals surface area contributed by atoms with Crippen LogP contribution < -0.4 is 5.32 Å². The summed E-state index contributed by atoms with van der Waals surface area (Å²) in [7, 11) is 2.01. The summed E-state index contributed by atoms with van der Waals surface area (Å²) in [5, 5.41) is 3.33. The summed E-state index contributed by atoms with van der Waals surface area (Å²) in [5.74, 6) is 1.45. The van der Waals surface area contributed by atoms with Crippen LogP contribution in [0.25, 0.3) is 0 Å². The Morgan fingerprint density at radius 3 is 2.47 bits per heavy atom. The highest BCUT2D eigenvalue weighted by atomic mass is 16.2. The molecule has 1 unspecified atom stereocenters. The van der Waals surface area contributed by atoms with Gasteiger partial charge in [-0.2, -0.15) is 0 Å². The summed E-state index contributed by atoms with van der Waals surface area (Å²) in [4.78, 5) is 14.4. The van der Waals surface area contributed by atoms with Gasteiger partial charge in [0, 0.05) is 19.6 Å². The lowest BCUT2D eigenvalue weighted by molar-refractivity contribution is -0.137. The van der Waals surface area contributed by atoms with Gasteiger partial charge < -0.3 is 10.2 Å². The van der Waals surface area contributed by atoms with Gasteiger partial charge in [-0.15, -0.1) is 0 Å². The van der Waals surface area contributed by atoms with Crippen molar-refractivity contribution in [2.45, 2.75) is 51.5 Å². The SMILES string of the molecule is CC1CCC(N(C)C(=O)C2CCCNC2)CC1. The highest BCUT2D eigenvalue weighted by Gasteiger charge is 2.29. The molecule has 0 radical (unpaired) electrons. The molecule has 0 aromatic carbocycles. The Hall–Kier alpha value is -0.570. The van der Waals surface area contributed by atoms with Crippen molar-refractivity contribution in [3.05, 3.63) is 0 Å². The number of rotatable bonds is 2. The van der Waals surface area contributed by atoms with E-state index in [0.29, 0.717) is 11.9 Å². The number of amides is 1. The fourth-order valence-electron chi connectivity index (χ4n) is 3.16. The van der Waals surface area contributed by atoms with Crippen LogP contribution in [0.1, 0.15) is 45.4 Å². The lowest BCUT2D eigenvalue weighted by atomic mass is 9.86. The average molecular weight is 238 g/mol. The second-order valence-corrected chi connectivity index (χ2v) is 5.91. The molecule has 1 amide bonds. The fourth-order valence-corrected chi connectivity index (χ4v) is 3.16. The van der Waals surface area contributed by atoms with Gasteiger partial charge in [-0.05, 0) is 51.0 Å². The highest BCUT2D eigenvalue weighted by Crippen LogP contribution is 2.27. The smallest absolute Gasteiger partial charge is 0.226 e. The van der Waals surface area contributed by atoms with Crippen LogP contribution in [0, 0.1) is 11.8 Å². The summed E-state index contributed by atoms with van der Waals surface area (Å²) < 4.78 is 0. The van der Waals surface area contributed by atoms with Gasteiger partial charge in [0.2, 0.25) is 5.91 Å². The third-order valence-electron chi connectivity index (χ3n) is 4.53. The molecular weight excluding hydrogens is 212 g/mol. The first-order chi connectivity index (χ1) is 8.18. The first-order valence-corrected chi connectivity index (χ1v) is 7.16. The summed E-state index contributed by atoms with van der Waals surface area (Å²) in [6.45, 7) is 4.28. The number of hydrogen-bond acceptors (Lipinski definition) is 2. The van der Waals surface area contributed by atoms with E-state index in [1.54, 1.807) is 0 Å². The molecule has 2 aliphatic rings. The van der Waals surface area contributed by atoms with Gasteiger partial charge in [-0.3, -0.25) is 4.79 Å². The summed E-state index contributed by atoms with van der Waals surface area (Å²) in [6, 6.07) is 0.501. The van der Waals surface area contributed by atoms with Gasteiger partial charge in [-0.1, -0.05) is 6.92 Å². The predicted octanol–water partition coefficient (Wildman–Crippen LogP) is 2.02. The van der Waals surface area contributed by atoms with Crippen molar-refractivity contribution >= 4 is 5.91 Å². The third kappa shape index (κ3) is 3.21. The maximum atomic E-state index is 12.4. The molecule has 1 atom stereocenters. The normalized spacial score (nSPS) is 34.4. The predicted molar refractivity (Wildman–Crippen MR) is 69.8 cm³/mol. The van der Waals surface area contributed by atoms with Crippen molar-refractivity contribution in [3.8, 4) is 0 Å². The van der Waals surface area contributed by atoms with Crippen molar-refractivity contribution < 1.29 is 4.79 Å². The maximum absolute atomic E-state index is 12.4. The van der Waals surface area contributed by atoms with E-state index in [1.165, 1.54) is 25.7 Å². The van der Waals surface area contributed by atoms with E-state index in [1.807, 2.05) is 11.9 Å². The number of hydrogen-bond donors (Lipinski definition) is 1. The van der Waals surface area contributed by atoms with Gasteiger partial charge in [-0.25, -0.2) is 0 Å². The molecule has 1 saturated heterocycles. The highest BCUT2D eigenvalue weighted by molar-refractivity contribution is 5.79. The molecule has 1 aliphatic carbocycles. The van der Waals surface area contributed by atoms with Crippen LogP contribution in [0.15, 0.2) is 0 Å². The van der Waals surface area contributed by atoms with Crippen molar-refractivity contribution in [1.82, 2.24) is 10.2 Å². The summed E-state index contributed by atoms with van der Waals surface area (Å²) >= 11 is 0. The largest absolute Gasteiger partial charge is 0.342 e. The van der Waals surface area contributed by atoms with Crippen LogP contribution in [0.2, 0.25) is 0 Å². The quantitative estimate of drug-likeness (QED) is 0.798. The van der Waals surface area contributed by atoms with Crippen LogP contribution in [0.4, 0.5) is 0 Å². The maximum Gasteiger partial charge on any atom is 0.226 e. The van der Waals surface area contributed by atoms with Crippen LogP contribution in [-0.4, -0.2) is 37.0 Å². The molecule has 1 aliphatic heterocycles. The lowest BCUT2D eigenvalue weighted by Crippen LogP contribution is -2.46. The zero-order chi connectivity index (χ0) is 12.3. The summed E-state index contributed by atoms with van der Waals surface area (Å²) in [6.07, 6.45) is 7.18. The molecule has 0 aromatic rings. The van der Waals surface area contributed by atoms with E-state index in [2.05, 4.69) is 12.2 Å². The Balaban J connectivity index is 1.85. The average Bonchev–Trinajstić information content (AvgIpc) is 2.39. The Kier molecular flexibility index (Phi) is 4.43. The third-order valence-corrected chi connectivity index (χ3v) is 4.53. The van der Waals surface area contributed by atoms with Gasteiger partial charge in [0.25, 0.3) is 0 Å². The lowest BCUT2D eigenvalue weighted by Gasteiger charge is -2.36. The number of carbonyl (C=O) groups is 1. The first kappa shape index (κ1) is 12.9. The molecule has 2 fully saturated rings. The van der Waals surface area contributed by atoms with E-state index < -0.39 is 0 Å². The van der Waals surface area contributed by atoms with Crippen LogP contribution in [0.5, 0.6) is 0 Å². The van der Waals surface area contributed by atoms with Gasteiger partial charge in [0.05, 0.1) is 5.92 Å². The summed E-state index contributed by atoms with van der Waals surface area (Å²) in [5.41, 5.74) is 0. The van der Waals surface area contributed by atoms with E-state index in [0.717, 1.165) is 31.8 Å². The number of carbonyl (C=O) groups excluding carboxylic acids is 1. The molecular formula is C14H26N2O. The molecule has 0 aromatic heterocycles. The number of nitrogens with one attached hydrogen (secondary N) is 1. The minimum absolute atomic E-state index is 0.230. The van der Waals surface area contributed by atoms with E-state index in [4.69, 9.17) is 0 Å². The standard InChI is InChI=1S/C14H26N2O/c1-11-5-7-13(8-6-11)16(2)14(17)12-4-3-9-15-10-12/h11-13,15H,3-10H2,1-2H3. The van der Waals surface area contributed by atoms with E-state index >= 15 is 0 Å². The Bertz CT molecular complexity index is 253. The Labute approximate surface area is 105 Å². The minimum atomic E-state index is 0.230. The zero-order valence-electron chi connectivity index (χ0n) is 11.2.